The van der Waals surface area contributed by atoms with E-state index in [9.17, 15) is 9.59 Å². The summed E-state index contributed by atoms with van der Waals surface area (Å²) in [6.07, 6.45) is 0.793. The number of ether oxygens (including phenoxy) is 2. The number of carboxylic acids is 1. The van der Waals surface area contributed by atoms with Gasteiger partial charge in [-0.1, -0.05) is 12.1 Å². The third-order valence-electron chi connectivity index (χ3n) is 2.67. The van der Waals surface area contributed by atoms with Crippen molar-refractivity contribution in [3.8, 4) is 11.5 Å². The van der Waals surface area contributed by atoms with Gasteiger partial charge in [0.25, 0.3) is 0 Å². The summed E-state index contributed by atoms with van der Waals surface area (Å²) in [6.45, 7) is 0.504. The van der Waals surface area contributed by atoms with E-state index in [-0.39, 0.29) is 0 Å². The van der Waals surface area contributed by atoms with Crippen LogP contribution in [0.25, 0.3) is 0 Å². The Bertz CT molecular complexity index is 455. The molecule has 0 saturated heterocycles. The maximum absolute atomic E-state index is 10.8. The smallest absolute Gasteiger partial charge is 0.326 e. The summed E-state index contributed by atoms with van der Waals surface area (Å²) < 4.78 is 10.8. The van der Waals surface area contributed by atoms with Crippen LogP contribution >= 0.6 is 11.8 Å². The van der Waals surface area contributed by atoms with Crippen molar-refractivity contribution in [3.05, 3.63) is 24.3 Å². The normalized spacial score (nSPS) is 11.5. The maximum Gasteiger partial charge on any atom is 0.326 e. The Kier molecular flexibility index (Phi) is 8.11. The fourth-order valence-corrected chi connectivity index (χ4v) is 2.42. The van der Waals surface area contributed by atoms with Crippen LogP contribution in [-0.2, 0) is 9.59 Å². The van der Waals surface area contributed by atoms with Gasteiger partial charge in [-0.15, -0.1) is 0 Å². The molecule has 0 radical (unpaired) electrons. The van der Waals surface area contributed by atoms with E-state index in [0.717, 1.165) is 5.75 Å². The largest absolute Gasteiger partial charge is 0.493 e. The molecule has 1 unspecified atom stereocenters. The zero-order chi connectivity index (χ0) is 15.5. The molecule has 6 nitrogen and oxygen atoms in total. The van der Waals surface area contributed by atoms with Gasteiger partial charge in [0.2, 0.25) is 6.41 Å². The van der Waals surface area contributed by atoms with E-state index >= 15 is 0 Å². The molecule has 0 heterocycles. The second kappa shape index (κ2) is 9.93. The van der Waals surface area contributed by atoms with Gasteiger partial charge in [0.15, 0.2) is 11.5 Å². The predicted octanol–water partition coefficient (Wildman–Crippen LogP) is 1.40. The molecule has 1 rings (SSSR count). The fourth-order valence-electron chi connectivity index (χ4n) is 1.61. The number of para-hydroxylation sites is 2. The molecule has 21 heavy (non-hydrogen) atoms. The number of carboxylic acid groups (broad SMARTS) is 1. The Morgan fingerprint density at radius 1 is 1.38 bits per heavy atom. The molecule has 1 amide bonds. The number of carbonyl (C=O) groups excluding carboxylic acids is 1. The summed E-state index contributed by atoms with van der Waals surface area (Å²) in [5, 5.41) is 11.1. The first kappa shape index (κ1) is 17.2. The van der Waals surface area contributed by atoms with Gasteiger partial charge >= 0.3 is 5.97 Å². The molecule has 0 fully saturated rings. The van der Waals surface area contributed by atoms with E-state index in [1.165, 1.54) is 0 Å². The molecule has 2 N–H and O–H groups in total. The average Bonchev–Trinajstić information content (AvgIpc) is 2.49. The van der Waals surface area contributed by atoms with Crippen LogP contribution in [0.3, 0.4) is 0 Å². The minimum absolute atomic E-state index is 0.382. The van der Waals surface area contributed by atoms with Gasteiger partial charge in [0.1, 0.15) is 6.04 Å². The Morgan fingerprint density at radius 3 is 2.71 bits per heavy atom. The van der Waals surface area contributed by atoms with Crippen LogP contribution in [-0.4, -0.2) is 48.8 Å². The number of aliphatic carboxylic acids is 1. The Hall–Kier alpha value is -1.89. The highest BCUT2D eigenvalue weighted by Gasteiger charge is 2.15. The molecular formula is C14H19NO5S. The number of benzene rings is 1. The summed E-state index contributed by atoms with van der Waals surface area (Å²) in [6, 6.07) is 6.56. The van der Waals surface area contributed by atoms with Gasteiger partial charge < -0.3 is 19.9 Å². The van der Waals surface area contributed by atoms with Gasteiger partial charge in [-0.25, -0.2) is 4.79 Å². The van der Waals surface area contributed by atoms with E-state index in [4.69, 9.17) is 14.6 Å². The first-order valence-corrected chi connectivity index (χ1v) is 7.60. The van der Waals surface area contributed by atoms with Crippen LogP contribution in [0.4, 0.5) is 0 Å². The van der Waals surface area contributed by atoms with Gasteiger partial charge in [-0.05, 0) is 24.3 Å². The van der Waals surface area contributed by atoms with Crippen LogP contribution in [0.1, 0.15) is 6.42 Å². The second-order valence-electron chi connectivity index (χ2n) is 4.08. The molecule has 1 aromatic carbocycles. The number of amides is 1. The molecule has 1 aromatic rings. The minimum Gasteiger partial charge on any atom is -0.493 e. The van der Waals surface area contributed by atoms with E-state index in [1.807, 2.05) is 24.3 Å². The molecule has 1 atom stereocenters. The minimum atomic E-state index is -1.02. The predicted molar refractivity (Wildman–Crippen MR) is 81.1 cm³/mol. The SMILES string of the molecule is COc1ccccc1OCCSCCC(NC=O)C(=O)O. The fraction of sp³-hybridized carbons (Fsp3) is 0.429. The molecule has 0 aromatic heterocycles. The van der Waals surface area contributed by atoms with Crippen LogP contribution in [0.5, 0.6) is 11.5 Å². The summed E-state index contributed by atoms with van der Waals surface area (Å²) in [5.74, 6) is 1.71. The van der Waals surface area contributed by atoms with Crippen molar-refractivity contribution in [1.29, 1.82) is 0 Å². The zero-order valence-electron chi connectivity index (χ0n) is 11.8. The molecule has 0 bridgehead atoms. The number of methoxy groups -OCH3 is 1. The molecule has 0 spiro atoms. The topological polar surface area (TPSA) is 84.9 Å². The van der Waals surface area contributed by atoms with Crippen molar-refractivity contribution in [2.24, 2.45) is 0 Å². The van der Waals surface area contributed by atoms with Gasteiger partial charge in [0, 0.05) is 5.75 Å². The molecule has 0 aliphatic rings. The summed E-state index contributed by atoms with van der Waals surface area (Å²) in [4.78, 5) is 21.1. The number of carbonyl (C=O) groups is 2. The third-order valence-corrected chi connectivity index (χ3v) is 3.65. The van der Waals surface area contributed by atoms with Gasteiger partial charge in [0.05, 0.1) is 13.7 Å². The Labute approximate surface area is 127 Å². The van der Waals surface area contributed by atoms with Crippen molar-refractivity contribution < 1.29 is 24.2 Å². The van der Waals surface area contributed by atoms with Gasteiger partial charge in [-0.3, -0.25) is 4.79 Å². The lowest BCUT2D eigenvalue weighted by Gasteiger charge is -2.11. The van der Waals surface area contributed by atoms with Crippen molar-refractivity contribution in [1.82, 2.24) is 5.32 Å². The van der Waals surface area contributed by atoms with E-state index in [1.54, 1.807) is 18.9 Å². The lowest BCUT2D eigenvalue weighted by Crippen LogP contribution is -2.36. The summed E-state index contributed by atoms with van der Waals surface area (Å²) >= 11 is 1.57. The Balaban J connectivity index is 2.19. The lowest BCUT2D eigenvalue weighted by molar-refractivity contribution is -0.140. The highest BCUT2D eigenvalue weighted by atomic mass is 32.2. The van der Waals surface area contributed by atoms with Crippen LogP contribution in [0.15, 0.2) is 24.3 Å². The van der Waals surface area contributed by atoms with Crippen LogP contribution < -0.4 is 14.8 Å². The van der Waals surface area contributed by atoms with Gasteiger partial charge in [-0.2, -0.15) is 11.8 Å². The average molecular weight is 313 g/mol. The van der Waals surface area contributed by atoms with Crippen LogP contribution in [0.2, 0.25) is 0 Å². The number of thioether (sulfide) groups is 1. The summed E-state index contributed by atoms with van der Waals surface area (Å²) in [7, 11) is 1.59. The molecule has 0 aliphatic heterocycles. The molecule has 7 heteroatoms. The summed E-state index contributed by atoms with van der Waals surface area (Å²) in [5.41, 5.74) is 0. The first-order chi connectivity index (χ1) is 10.2. The second-order valence-corrected chi connectivity index (χ2v) is 5.30. The highest BCUT2D eigenvalue weighted by molar-refractivity contribution is 7.99. The number of rotatable bonds is 11. The molecular weight excluding hydrogens is 294 g/mol. The first-order valence-electron chi connectivity index (χ1n) is 6.45. The highest BCUT2D eigenvalue weighted by Crippen LogP contribution is 2.25. The zero-order valence-corrected chi connectivity index (χ0v) is 12.6. The standard InChI is InChI=1S/C14H19NO5S/c1-19-12-4-2-3-5-13(12)20-7-9-21-8-6-11(14(17)18)15-10-16/h2-5,10-11H,6-9H2,1H3,(H,15,16)(H,17,18). The van der Waals surface area contributed by atoms with E-state index in [2.05, 4.69) is 5.32 Å². The molecule has 116 valence electrons. The lowest BCUT2D eigenvalue weighted by atomic mass is 10.2. The monoisotopic (exact) mass is 313 g/mol. The molecule has 0 saturated carbocycles. The van der Waals surface area contributed by atoms with E-state index in [0.29, 0.717) is 36.7 Å². The van der Waals surface area contributed by atoms with Crippen molar-refractivity contribution in [2.75, 3.05) is 25.2 Å². The Morgan fingerprint density at radius 2 is 2.10 bits per heavy atom. The van der Waals surface area contributed by atoms with Crippen molar-refractivity contribution in [3.63, 3.8) is 0 Å². The number of hydrogen-bond acceptors (Lipinski definition) is 5. The quantitative estimate of drug-likeness (QED) is 0.474. The molecule has 0 aliphatic carbocycles. The third kappa shape index (κ3) is 6.40. The van der Waals surface area contributed by atoms with Crippen molar-refractivity contribution >= 4 is 24.1 Å². The number of hydrogen-bond donors (Lipinski definition) is 2. The van der Waals surface area contributed by atoms with E-state index < -0.39 is 12.0 Å². The van der Waals surface area contributed by atoms with Crippen molar-refractivity contribution in [2.45, 2.75) is 12.5 Å². The maximum atomic E-state index is 10.8. The van der Waals surface area contributed by atoms with Crippen LogP contribution in [0, 0.1) is 0 Å². The number of nitrogens with one attached hydrogen (secondary N) is 1.